The number of carbonyl (C=O) groups is 1. The highest BCUT2D eigenvalue weighted by molar-refractivity contribution is 6.30. The highest BCUT2D eigenvalue weighted by Crippen LogP contribution is 2.40. The normalized spacial score (nSPS) is 14.6. The Kier molecular flexibility index (Phi) is 7.63. The van der Waals surface area contributed by atoms with Crippen LogP contribution in [-0.4, -0.2) is 41.9 Å². The zero-order valence-electron chi connectivity index (χ0n) is 22.0. The molecule has 0 saturated carbocycles. The van der Waals surface area contributed by atoms with Gasteiger partial charge in [-0.1, -0.05) is 31.5 Å². The lowest BCUT2D eigenvalue weighted by Gasteiger charge is -2.30. The van der Waals surface area contributed by atoms with Crippen molar-refractivity contribution < 1.29 is 19.4 Å². The molecule has 7 heteroatoms. The zero-order chi connectivity index (χ0) is 26.8. The van der Waals surface area contributed by atoms with E-state index < -0.39 is 5.97 Å². The maximum Gasteiger partial charge on any atom is 0.335 e. The van der Waals surface area contributed by atoms with Crippen LogP contribution in [0.4, 0.5) is 5.69 Å². The summed E-state index contributed by atoms with van der Waals surface area (Å²) in [7, 11) is 2.01. The number of ether oxygens (including phenoxy) is 2. The number of anilines is 1. The number of hydrogen-bond donors (Lipinski definition) is 1. The van der Waals surface area contributed by atoms with Crippen LogP contribution in [0.3, 0.4) is 0 Å². The van der Waals surface area contributed by atoms with Gasteiger partial charge >= 0.3 is 5.97 Å². The smallest absolute Gasteiger partial charge is 0.335 e. The molecular formula is C31H33ClN2O4. The van der Waals surface area contributed by atoms with Crippen molar-refractivity contribution in [1.29, 1.82) is 0 Å². The topological polar surface area (TPSA) is 63.9 Å². The quantitative estimate of drug-likeness (QED) is 0.261. The van der Waals surface area contributed by atoms with E-state index in [0.717, 1.165) is 71.9 Å². The largest absolute Gasteiger partial charge is 0.489 e. The van der Waals surface area contributed by atoms with Gasteiger partial charge in [0.15, 0.2) is 0 Å². The summed E-state index contributed by atoms with van der Waals surface area (Å²) in [5, 5.41) is 11.3. The van der Waals surface area contributed by atoms with Crippen LogP contribution in [0, 0.1) is 0 Å². The van der Waals surface area contributed by atoms with Gasteiger partial charge in [0.25, 0.3) is 0 Å². The fourth-order valence-electron chi connectivity index (χ4n) is 5.30. The molecule has 198 valence electrons. The molecule has 4 aromatic rings. The summed E-state index contributed by atoms with van der Waals surface area (Å²) >= 11 is 6.32. The minimum absolute atomic E-state index is 0.293. The molecule has 0 amide bonds. The molecule has 0 aliphatic carbocycles. The number of rotatable bonds is 8. The summed E-state index contributed by atoms with van der Waals surface area (Å²) in [6.45, 7) is 7.94. The Morgan fingerprint density at radius 1 is 1.08 bits per heavy atom. The van der Waals surface area contributed by atoms with Crippen LogP contribution in [0.2, 0.25) is 5.02 Å². The molecule has 1 aliphatic heterocycles. The van der Waals surface area contributed by atoms with Crippen molar-refractivity contribution in [2.24, 2.45) is 7.05 Å². The number of nitrogens with zero attached hydrogens (tertiary/aromatic N) is 2. The van der Waals surface area contributed by atoms with E-state index in [1.54, 1.807) is 12.1 Å². The van der Waals surface area contributed by atoms with Crippen molar-refractivity contribution in [2.45, 2.75) is 32.8 Å². The van der Waals surface area contributed by atoms with Crippen LogP contribution in [0.25, 0.3) is 22.2 Å². The van der Waals surface area contributed by atoms with Crippen LogP contribution in [0.5, 0.6) is 5.75 Å². The number of carboxylic acid groups (broad SMARTS) is 1. The molecule has 1 aliphatic rings. The Bertz CT molecular complexity index is 1460. The molecule has 0 spiro atoms. The average Bonchev–Trinajstić information content (AvgIpc) is 3.23. The van der Waals surface area contributed by atoms with E-state index in [1.807, 2.05) is 37.4 Å². The van der Waals surface area contributed by atoms with Crippen molar-refractivity contribution in [3.8, 4) is 17.0 Å². The van der Waals surface area contributed by atoms with Gasteiger partial charge in [-0.3, -0.25) is 0 Å². The summed E-state index contributed by atoms with van der Waals surface area (Å²) in [6, 6.07) is 19.5. The Hall–Kier alpha value is -3.48. The zero-order valence-corrected chi connectivity index (χ0v) is 22.8. The van der Waals surface area contributed by atoms with E-state index in [4.69, 9.17) is 21.1 Å². The summed E-state index contributed by atoms with van der Waals surface area (Å²) in [4.78, 5) is 13.9. The molecule has 38 heavy (non-hydrogen) atoms. The molecule has 2 heterocycles. The molecule has 6 nitrogen and oxygen atoms in total. The second kappa shape index (κ2) is 11.1. The number of morpholine rings is 1. The van der Waals surface area contributed by atoms with Gasteiger partial charge in [-0.25, -0.2) is 4.79 Å². The Labute approximate surface area is 228 Å². The first-order valence-corrected chi connectivity index (χ1v) is 13.4. The third-order valence-electron chi connectivity index (χ3n) is 7.51. The van der Waals surface area contributed by atoms with E-state index in [-0.39, 0.29) is 0 Å². The molecular weight excluding hydrogens is 500 g/mol. The standard InChI is InChI=1S/C31H33ClN2O4/c1-4-20(2)29-26-11-7-22(31(35)36)18-28(26)33(3)30(29)21-5-9-25(10-6-21)38-19-23-17-24(32)8-12-27(23)34-13-15-37-16-14-34/h5-12,17-18,20H,4,13-16,19H2,1-3H3,(H,35,36). The molecule has 5 rings (SSSR count). The van der Waals surface area contributed by atoms with Gasteiger partial charge in [0.05, 0.1) is 24.5 Å². The minimum atomic E-state index is -0.919. The van der Waals surface area contributed by atoms with Crippen LogP contribution in [0.1, 0.15) is 47.7 Å². The third-order valence-corrected chi connectivity index (χ3v) is 7.74. The maximum atomic E-state index is 11.6. The highest BCUT2D eigenvalue weighted by atomic mass is 35.5. The summed E-state index contributed by atoms with van der Waals surface area (Å²) in [5.41, 5.74) is 6.81. The molecule has 0 bridgehead atoms. The van der Waals surface area contributed by atoms with Crippen LogP contribution >= 0.6 is 11.6 Å². The van der Waals surface area contributed by atoms with Crippen molar-refractivity contribution in [3.63, 3.8) is 0 Å². The number of aromatic nitrogens is 1. The lowest BCUT2D eigenvalue weighted by molar-refractivity contribution is 0.0697. The Morgan fingerprint density at radius 3 is 2.50 bits per heavy atom. The van der Waals surface area contributed by atoms with Gasteiger partial charge in [-0.15, -0.1) is 0 Å². The predicted molar refractivity (Wildman–Crippen MR) is 153 cm³/mol. The number of benzene rings is 3. The van der Waals surface area contributed by atoms with Gasteiger partial charge in [-0.2, -0.15) is 0 Å². The van der Waals surface area contributed by atoms with E-state index in [1.165, 1.54) is 5.56 Å². The summed E-state index contributed by atoms with van der Waals surface area (Å²) in [6.07, 6.45) is 0.985. The first-order valence-electron chi connectivity index (χ1n) is 13.1. The number of halogens is 1. The molecule has 1 saturated heterocycles. The molecule has 3 aromatic carbocycles. The maximum absolute atomic E-state index is 11.6. The predicted octanol–water partition coefficient (Wildman–Crippen LogP) is 7.13. The first kappa shape index (κ1) is 26.1. The van der Waals surface area contributed by atoms with Gasteiger partial charge in [0.2, 0.25) is 0 Å². The number of aromatic carboxylic acids is 1. The summed E-state index contributed by atoms with van der Waals surface area (Å²) < 4.78 is 13.8. The molecule has 1 N–H and O–H groups in total. The molecule has 1 aromatic heterocycles. The minimum Gasteiger partial charge on any atom is -0.489 e. The molecule has 1 unspecified atom stereocenters. The number of carboxylic acids is 1. The lowest BCUT2D eigenvalue weighted by atomic mass is 9.92. The van der Waals surface area contributed by atoms with Crippen molar-refractivity contribution in [1.82, 2.24) is 4.57 Å². The van der Waals surface area contributed by atoms with E-state index in [0.29, 0.717) is 23.1 Å². The van der Waals surface area contributed by atoms with Crippen molar-refractivity contribution in [3.05, 3.63) is 82.4 Å². The van der Waals surface area contributed by atoms with Crippen LogP contribution in [0.15, 0.2) is 60.7 Å². The first-order chi connectivity index (χ1) is 18.4. The van der Waals surface area contributed by atoms with Gasteiger partial charge in [0.1, 0.15) is 12.4 Å². The number of aryl methyl sites for hydroxylation is 1. The van der Waals surface area contributed by atoms with Crippen molar-refractivity contribution in [2.75, 3.05) is 31.2 Å². The Morgan fingerprint density at radius 2 is 1.82 bits per heavy atom. The molecule has 1 atom stereocenters. The SMILES string of the molecule is CCC(C)c1c(-c2ccc(OCc3cc(Cl)ccc3N3CCOCC3)cc2)n(C)c2cc(C(=O)O)ccc12. The van der Waals surface area contributed by atoms with Gasteiger partial charge in [0, 0.05) is 47.3 Å². The van der Waals surface area contributed by atoms with Gasteiger partial charge < -0.3 is 24.0 Å². The fraction of sp³-hybridized carbons (Fsp3) is 0.323. The second-order valence-corrected chi connectivity index (χ2v) is 10.3. The highest BCUT2D eigenvalue weighted by Gasteiger charge is 2.22. The Balaban J connectivity index is 1.43. The number of fused-ring (bicyclic) bond motifs is 1. The lowest BCUT2D eigenvalue weighted by Crippen LogP contribution is -2.36. The van der Waals surface area contributed by atoms with Gasteiger partial charge in [-0.05, 0) is 78.1 Å². The third kappa shape index (κ3) is 5.11. The molecule has 0 radical (unpaired) electrons. The van der Waals surface area contributed by atoms with E-state index in [2.05, 4.69) is 41.5 Å². The van der Waals surface area contributed by atoms with Crippen LogP contribution in [-0.2, 0) is 18.4 Å². The second-order valence-electron chi connectivity index (χ2n) is 9.85. The summed E-state index contributed by atoms with van der Waals surface area (Å²) in [5.74, 6) is 0.179. The van der Waals surface area contributed by atoms with Crippen LogP contribution < -0.4 is 9.64 Å². The number of hydrogen-bond acceptors (Lipinski definition) is 4. The molecule has 1 fully saturated rings. The average molecular weight is 533 g/mol. The monoisotopic (exact) mass is 532 g/mol. The fourth-order valence-corrected chi connectivity index (χ4v) is 5.50. The van der Waals surface area contributed by atoms with E-state index in [9.17, 15) is 9.90 Å². The van der Waals surface area contributed by atoms with E-state index >= 15 is 0 Å². The van der Waals surface area contributed by atoms with Crippen molar-refractivity contribution >= 4 is 34.2 Å².